The van der Waals surface area contributed by atoms with Gasteiger partial charge in [-0.15, -0.1) is 0 Å². The number of carbonyl (C=O) groups is 4. The van der Waals surface area contributed by atoms with E-state index in [9.17, 15) is 34.5 Å². The molecule has 0 fully saturated rings. The van der Waals surface area contributed by atoms with Gasteiger partial charge in [0.05, 0.1) is 7.11 Å². The molecule has 0 saturated carbocycles. The van der Waals surface area contributed by atoms with Crippen molar-refractivity contribution in [2.24, 2.45) is 0 Å². The molecule has 3 atom stereocenters. The van der Waals surface area contributed by atoms with Crippen molar-refractivity contribution in [3.8, 4) is 28.4 Å². The maximum Gasteiger partial charge on any atom is 0.408 e. The number of phenols is 3. The van der Waals surface area contributed by atoms with Gasteiger partial charge < -0.3 is 40.7 Å². The van der Waals surface area contributed by atoms with Gasteiger partial charge in [-0.3, -0.25) is 9.59 Å². The number of ether oxygens (including phenoxy) is 2. The molecule has 4 rings (SSSR count). The fraction of sp³-hybridized carbons (Fsp3) is 0.463. The van der Waals surface area contributed by atoms with Crippen molar-refractivity contribution in [2.75, 3.05) is 7.11 Å². The lowest BCUT2D eigenvalue weighted by Crippen LogP contribution is -2.57. The molecule has 0 saturated heterocycles. The molecule has 0 radical (unpaired) electrons. The van der Waals surface area contributed by atoms with Gasteiger partial charge in [-0.05, 0) is 72.6 Å². The molecule has 1 heterocycles. The van der Waals surface area contributed by atoms with Gasteiger partial charge in [-0.25, -0.2) is 9.59 Å². The van der Waals surface area contributed by atoms with Gasteiger partial charge in [0.25, 0.3) is 0 Å². The average molecular weight is 732 g/mol. The Bertz CT molecular complexity index is 1870. The van der Waals surface area contributed by atoms with Crippen LogP contribution in [0.1, 0.15) is 90.1 Å². The molecule has 12 heteroatoms. The van der Waals surface area contributed by atoms with Gasteiger partial charge in [-0.2, -0.15) is 0 Å². The van der Waals surface area contributed by atoms with Crippen LogP contribution in [-0.2, 0) is 53.9 Å². The van der Waals surface area contributed by atoms with Crippen LogP contribution in [0.25, 0.3) is 11.1 Å². The second kappa shape index (κ2) is 15.4. The zero-order chi connectivity index (χ0) is 39.6. The smallest absolute Gasteiger partial charge is 0.408 e. The predicted molar refractivity (Wildman–Crippen MR) is 201 cm³/mol. The van der Waals surface area contributed by atoms with E-state index < -0.39 is 58.4 Å². The van der Waals surface area contributed by atoms with Crippen molar-refractivity contribution in [3.05, 3.63) is 76.3 Å². The number of benzene rings is 3. The lowest BCUT2D eigenvalue weighted by Gasteiger charge is -2.27. The summed E-state index contributed by atoms with van der Waals surface area (Å²) in [4.78, 5) is 54.8. The molecule has 6 N–H and O–H groups in total. The largest absolute Gasteiger partial charge is 0.508 e. The fourth-order valence-electron chi connectivity index (χ4n) is 6.27. The highest BCUT2D eigenvalue weighted by molar-refractivity contribution is 5.94. The summed E-state index contributed by atoms with van der Waals surface area (Å²) in [5.74, 6) is -2.30. The summed E-state index contributed by atoms with van der Waals surface area (Å²) < 4.78 is 10.6. The monoisotopic (exact) mass is 731 g/mol. The van der Waals surface area contributed by atoms with E-state index >= 15 is 0 Å². The van der Waals surface area contributed by atoms with Gasteiger partial charge in [0.2, 0.25) is 11.8 Å². The third-order valence-corrected chi connectivity index (χ3v) is 8.94. The first kappa shape index (κ1) is 40.5. The molecule has 0 aromatic heterocycles. The highest BCUT2D eigenvalue weighted by Gasteiger charge is 2.34. The van der Waals surface area contributed by atoms with E-state index in [-0.39, 0.29) is 47.6 Å². The molecule has 1 aliphatic heterocycles. The molecule has 53 heavy (non-hydrogen) atoms. The summed E-state index contributed by atoms with van der Waals surface area (Å²) in [7, 11) is 1.20. The van der Waals surface area contributed by atoms with Crippen molar-refractivity contribution in [1.82, 2.24) is 16.0 Å². The molecule has 4 bridgehead atoms. The van der Waals surface area contributed by atoms with E-state index in [0.717, 1.165) is 0 Å². The Morgan fingerprint density at radius 2 is 1.26 bits per heavy atom. The van der Waals surface area contributed by atoms with Crippen molar-refractivity contribution in [2.45, 2.75) is 116 Å². The molecular weight excluding hydrogens is 678 g/mol. The van der Waals surface area contributed by atoms with Crippen LogP contribution in [0.5, 0.6) is 17.2 Å². The number of methoxy groups -OCH3 is 1. The predicted octanol–water partition coefficient (Wildman–Crippen LogP) is 5.44. The highest BCUT2D eigenvalue weighted by Crippen LogP contribution is 2.46. The summed E-state index contributed by atoms with van der Waals surface area (Å²) in [5.41, 5.74) is 1.28. The van der Waals surface area contributed by atoms with Crippen LogP contribution in [0, 0.1) is 0 Å². The van der Waals surface area contributed by atoms with Gasteiger partial charge in [0, 0.05) is 41.5 Å². The normalized spacial score (nSPS) is 18.5. The van der Waals surface area contributed by atoms with Crippen LogP contribution in [0.3, 0.4) is 0 Å². The maximum absolute atomic E-state index is 14.2. The number of hydrogen-bond acceptors (Lipinski definition) is 9. The first-order valence-electron chi connectivity index (χ1n) is 17.7. The second-order valence-electron chi connectivity index (χ2n) is 16.7. The zero-order valence-corrected chi connectivity index (χ0v) is 32.3. The fourth-order valence-corrected chi connectivity index (χ4v) is 6.27. The molecule has 0 spiro atoms. The van der Waals surface area contributed by atoms with Gasteiger partial charge >= 0.3 is 12.1 Å². The third-order valence-electron chi connectivity index (χ3n) is 8.94. The lowest BCUT2D eigenvalue weighted by atomic mass is 9.79. The first-order valence-corrected chi connectivity index (χ1v) is 17.7. The van der Waals surface area contributed by atoms with Gasteiger partial charge in [-0.1, -0.05) is 65.8 Å². The molecule has 286 valence electrons. The van der Waals surface area contributed by atoms with Crippen molar-refractivity contribution >= 4 is 23.9 Å². The molecular formula is C41H53N3O9. The molecule has 0 aliphatic carbocycles. The number of carbonyl (C=O) groups excluding carboxylic acids is 4. The molecule has 12 nitrogen and oxygen atoms in total. The zero-order valence-electron chi connectivity index (χ0n) is 32.3. The van der Waals surface area contributed by atoms with Crippen LogP contribution >= 0.6 is 0 Å². The summed E-state index contributed by atoms with van der Waals surface area (Å²) in [6, 6.07) is 9.24. The van der Waals surface area contributed by atoms with Crippen molar-refractivity contribution in [3.63, 3.8) is 0 Å². The number of alkyl carbamates (subject to hydrolysis) is 1. The Morgan fingerprint density at radius 1 is 0.755 bits per heavy atom. The second-order valence-corrected chi connectivity index (χ2v) is 16.7. The molecule has 1 aliphatic rings. The minimum Gasteiger partial charge on any atom is -0.508 e. The number of hydrogen-bond donors (Lipinski definition) is 6. The Kier molecular flexibility index (Phi) is 11.8. The quantitative estimate of drug-likeness (QED) is 0.190. The lowest BCUT2D eigenvalue weighted by molar-refractivity contribution is -0.145. The van der Waals surface area contributed by atoms with Crippen LogP contribution in [-0.4, -0.2) is 70.0 Å². The number of esters is 1. The summed E-state index contributed by atoms with van der Waals surface area (Å²) >= 11 is 0. The number of fused-ring (bicyclic) bond motifs is 5. The minimum atomic E-state index is -1.28. The highest BCUT2D eigenvalue weighted by atomic mass is 16.6. The Labute approximate surface area is 311 Å². The van der Waals surface area contributed by atoms with Crippen molar-refractivity contribution < 1.29 is 44.0 Å². The molecule has 2 unspecified atom stereocenters. The number of aromatic hydroxyl groups is 3. The maximum atomic E-state index is 14.2. The number of rotatable bonds is 4. The van der Waals surface area contributed by atoms with Gasteiger partial charge in [0.1, 0.15) is 41.0 Å². The molecule has 3 aromatic carbocycles. The average Bonchev–Trinajstić information content (AvgIpc) is 3.03. The first-order chi connectivity index (χ1) is 24.5. The van der Waals surface area contributed by atoms with Crippen LogP contribution in [0.2, 0.25) is 0 Å². The number of phenolic OH excluding ortho intramolecular Hbond substituents is 3. The van der Waals surface area contributed by atoms with Crippen molar-refractivity contribution in [1.29, 1.82) is 0 Å². The van der Waals surface area contributed by atoms with E-state index in [2.05, 4.69) is 16.0 Å². The van der Waals surface area contributed by atoms with E-state index in [1.165, 1.54) is 19.2 Å². The Hall–Kier alpha value is -5.26. The molecule has 3 aromatic rings. The number of amides is 3. The van der Waals surface area contributed by atoms with Crippen LogP contribution < -0.4 is 16.0 Å². The Balaban J connectivity index is 2.01. The van der Waals surface area contributed by atoms with E-state index in [1.807, 2.05) is 41.5 Å². The minimum absolute atomic E-state index is 0.0162. The topological polar surface area (TPSA) is 184 Å². The molecule has 3 amide bonds. The van der Waals surface area contributed by atoms with Crippen LogP contribution in [0.15, 0.2) is 48.5 Å². The van der Waals surface area contributed by atoms with E-state index in [4.69, 9.17) is 9.47 Å². The van der Waals surface area contributed by atoms with Gasteiger partial charge in [0.15, 0.2) is 0 Å². The summed E-state index contributed by atoms with van der Waals surface area (Å²) in [5, 5.41) is 41.7. The Morgan fingerprint density at radius 3 is 1.74 bits per heavy atom. The summed E-state index contributed by atoms with van der Waals surface area (Å²) in [6.45, 7) is 16.6. The number of nitrogens with one attached hydrogen (secondary N) is 3. The van der Waals surface area contributed by atoms with E-state index in [0.29, 0.717) is 27.8 Å². The third kappa shape index (κ3) is 10.2. The van der Waals surface area contributed by atoms with E-state index in [1.54, 1.807) is 57.2 Å². The van der Waals surface area contributed by atoms with Crippen LogP contribution in [0.4, 0.5) is 4.79 Å². The summed E-state index contributed by atoms with van der Waals surface area (Å²) in [6.07, 6.45) is -1.04. The standard InChI is InChI=1S/C41H53N3O9/c1-39(2,3)28-17-23-15-26(33(28)46)27-16-24(18-29(34(27)47)40(4,5)6)21-32(37(50)52-10)43-35(48)30(19-22-11-13-25(45)14-12-22)42-36(49)31(20-23)44-38(51)53-41(7,8)9/h11-18,30-32,45-47H,19-21H2,1-10H3,(H,42,49)(H,43,48)(H,44,51)/t30-,31?,32?/m0/s1. The SMILES string of the molecule is COC(=O)C1Cc2cc(c(O)c(C(C)(C)C)c2)-c2cc(cc(C(C)(C)C)c2O)CC(NC(=O)OC(C)(C)C)C(=O)N[C@@H](Cc2ccc(O)cc2)C(=O)N1.